The van der Waals surface area contributed by atoms with Crippen LogP contribution in [0.5, 0.6) is 0 Å². The van der Waals surface area contributed by atoms with Gasteiger partial charge < -0.3 is 4.74 Å². The van der Waals surface area contributed by atoms with E-state index in [-0.39, 0.29) is 5.97 Å². The van der Waals surface area contributed by atoms with E-state index in [9.17, 15) is 4.79 Å². The predicted molar refractivity (Wildman–Crippen MR) is 49.3 cm³/mol. The first-order valence-electron chi connectivity index (χ1n) is 3.00. The van der Waals surface area contributed by atoms with Crippen LogP contribution in [-0.2, 0) is 9.53 Å². The van der Waals surface area contributed by atoms with Crippen LogP contribution in [0.2, 0.25) is 0 Å². The first kappa shape index (κ1) is 9.94. The molecule has 0 heterocycles. The molecule has 0 aromatic carbocycles. The van der Waals surface area contributed by atoms with Gasteiger partial charge in [-0.05, 0) is 6.92 Å². The minimum atomic E-state index is -0.302. The van der Waals surface area contributed by atoms with Crippen LogP contribution >= 0.6 is 22.6 Å². The molecule has 0 bridgehead atoms. The average Bonchev–Trinajstić information content (AvgIpc) is 1.82. The predicted octanol–water partition coefficient (Wildman–Crippen LogP) is 1.93. The van der Waals surface area contributed by atoms with E-state index in [0.717, 1.165) is 0 Å². The zero-order valence-electron chi connectivity index (χ0n) is 6.19. The molecule has 0 fully saturated rings. The van der Waals surface area contributed by atoms with Crippen LogP contribution < -0.4 is 0 Å². The molecule has 0 saturated carbocycles. The lowest BCUT2D eigenvalue weighted by Crippen LogP contribution is -2.11. The summed E-state index contributed by atoms with van der Waals surface area (Å²) in [6, 6.07) is 0. The fourth-order valence-electron chi connectivity index (χ4n) is 0.314. The van der Waals surface area contributed by atoms with Gasteiger partial charge in [0.05, 0.1) is 0 Å². The first-order chi connectivity index (χ1) is 4.54. The van der Waals surface area contributed by atoms with E-state index < -0.39 is 0 Å². The summed E-state index contributed by atoms with van der Waals surface area (Å²) in [6.45, 7) is 7.54. The molecular formula is C7H11IO2. The summed E-state index contributed by atoms with van der Waals surface area (Å²) in [4.78, 5) is 10.7. The summed E-state index contributed by atoms with van der Waals surface area (Å²) in [5, 5.41) is 0. The second-order valence-electron chi connectivity index (χ2n) is 2.16. The van der Waals surface area contributed by atoms with Crippen molar-refractivity contribution < 1.29 is 9.53 Å². The van der Waals surface area contributed by atoms with Gasteiger partial charge in [-0.3, -0.25) is 0 Å². The summed E-state index contributed by atoms with van der Waals surface area (Å²) in [7, 11) is 0. The highest BCUT2D eigenvalue weighted by Gasteiger charge is 2.03. The largest absolute Gasteiger partial charge is 0.461 e. The molecule has 0 N–H and O–H groups in total. The third-order valence-electron chi connectivity index (χ3n) is 0.793. The van der Waals surface area contributed by atoms with Gasteiger partial charge in [0.2, 0.25) is 0 Å². The lowest BCUT2D eigenvalue weighted by atomic mass is 10.4. The van der Waals surface area contributed by atoms with Gasteiger partial charge in [0, 0.05) is 9.50 Å². The SMILES string of the molecule is C=C(C)C(=O)OCC(C)I. The molecule has 10 heavy (non-hydrogen) atoms. The first-order valence-corrected chi connectivity index (χ1v) is 4.25. The smallest absolute Gasteiger partial charge is 0.333 e. The zero-order valence-corrected chi connectivity index (χ0v) is 8.34. The number of carbonyl (C=O) groups excluding carboxylic acids is 1. The fraction of sp³-hybridized carbons (Fsp3) is 0.571. The third kappa shape index (κ3) is 4.78. The molecule has 0 aliphatic carbocycles. The summed E-state index contributed by atoms with van der Waals surface area (Å²) in [5.41, 5.74) is 0.456. The Labute approximate surface area is 74.8 Å². The van der Waals surface area contributed by atoms with Crippen LogP contribution in [0.4, 0.5) is 0 Å². The van der Waals surface area contributed by atoms with Crippen molar-refractivity contribution in [1.82, 2.24) is 0 Å². The van der Waals surface area contributed by atoms with Crippen molar-refractivity contribution in [2.24, 2.45) is 0 Å². The number of hydrogen-bond donors (Lipinski definition) is 0. The van der Waals surface area contributed by atoms with Gasteiger partial charge in [0.25, 0.3) is 0 Å². The standard InChI is InChI=1S/C7H11IO2/c1-5(2)7(9)10-4-6(3)8/h6H,1,4H2,2-3H3. The molecule has 3 heteroatoms. The minimum absolute atomic E-state index is 0.302. The van der Waals surface area contributed by atoms with Gasteiger partial charge in [0.15, 0.2) is 0 Å². The average molecular weight is 254 g/mol. The van der Waals surface area contributed by atoms with E-state index in [2.05, 4.69) is 29.2 Å². The molecule has 0 aromatic heterocycles. The Balaban J connectivity index is 3.50. The van der Waals surface area contributed by atoms with Crippen molar-refractivity contribution >= 4 is 28.6 Å². The molecule has 58 valence electrons. The summed E-state index contributed by atoms with van der Waals surface area (Å²) in [6.07, 6.45) is 0. The van der Waals surface area contributed by atoms with Crippen LogP contribution in [0.15, 0.2) is 12.2 Å². The highest BCUT2D eigenvalue weighted by Crippen LogP contribution is 2.00. The monoisotopic (exact) mass is 254 g/mol. The third-order valence-corrected chi connectivity index (χ3v) is 1.15. The molecular weight excluding hydrogens is 243 g/mol. The highest BCUT2D eigenvalue weighted by molar-refractivity contribution is 14.1. The van der Waals surface area contributed by atoms with Gasteiger partial charge in [0.1, 0.15) is 6.61 Å². The van der Waals surface area contributed by atoms with E-state index in [1.165, 1.54) is 0 Å². The Morgan fingerprint density at radius 3 is 2.60 bits per heavy atom. The van der Waals surface area contributed by atoms with Crippen molar-refractivity contribution in [2.45, 2.75) is 17.8 Å². The maximum atomic E-state index is 10.7. The summed E-state index contributed by atoms with van der Waals surface area (Å²) < 4.78 is 5.18. The number of rotatable bonds is 3. The number of esters is 1. The zero-order chi connectivity index (χ0) is 8.15. The second-order valence-corrected chi connectivity index (χ2v) is 4.29. The lowest BCUT2D eigenvalue weighted by molar-refractivity contribution is -0.138. The van der Waals surface area contributed by atoms with E-state index >= 15 is 0 Å². The van der Waals surface area contributed by atoms with Gasteiger partial charge in [-0.25, -0.2) is 4.79 Å². The van der Waals surface area contributed by atoms with Crippen molar-refractivity contribution in [3.8, 4) is 0 Å². The Kier molecular flexibility index (Phi) is 4.68. The molecule has 1 unspecified atom stereocenters. The van der Waals surface area contributed by atoms with E-state index in [0.29, 0.717) is 16.1 Å². The topological polar surface area (TPSA) is 26.3 Å². The van der Waals surface area contributed by atoms with Crippen LogP contribution in [0.1, 0.15) is 13.8 Å². The Bertz CT molecular complexity index is 141. The summed E-state index contributed by atoms with van der Waals surface area (Å²) >= 11 is 2.19. The van der Waals surface area contributed by atoms with Crippen LogP contribution in [0.25, 0.3) is 0 Å². The van der Waals surface area contributed by atoms with Crippen molar-refractivity contribution in [3.63, 3.8) is 0 Å². The molecule has 0 aromatic rings. The quantitative estimate of drug-likeness (QED) is 0.333. The van der Waals surface area contributed by atoms with Crippen molar-refractivity contribution in [2.75, 3.05) is 6.61 Å². The highest BCUT2D eigenvalue weighted by atomic mass is 127. The second kappa shape index (κ2) is 4.71. The Morgan fingerprint density at radius 1 is 1.80 bits per heavy atom. The van der Waals surface area contributed by atoms with Crippen molar-refractivity contribution in [3.05, 3.63) is 12.2 Å². The normalized spacial score (nSPS) is 12.3. The minimum Gasteiger partial charge on any atom is -0.461 e. The van der Waals surface area contributed by atoms with Crippen LogP contribution in [0, 0.1) is 0 Å². The molecule has 0 rings (SSSR count). The molecule has 0 amide bonds. The van der Waals surface area contributed by atoms with E-state index in [4.69, 9.17) is 4.74 Å². The lowest BCUT2D eigenvalue weighted by Gasteiger charge is -2.04. The van der Waals surface area contributed by atoms with E-state index in [1.54, 1.807) is 6.92 Å². The van der Waals surface area contributed by atoms with Gasteiger partial charge in [-0.2, -0.15) is 0 Å². The molecule has 0 aliphatic heterocycles. The maximum absolute atomic E-state index is 10.7. The number of ether oxygens (including phenoxy) is 1. The molecule has 0 radical (unpaired) electrons. The van der Waals surface area contributed by atoms with Crippen LogP contribution in [0.3, 0.4) is 0 Å². The Morgan fingerprint density at radius 2 is 2.30 bits per heavy atom. The number of carbonyl (C=O) groups is 1. The molecule has 1 atom stereocenters. The van der Waals surface area contributed by atoms with Gasteiger partial charge >= 0.3 is 5.97 Å². The maximum Gasteiger partial charge on any atom is 0.333 e. The van der Waals surface area contributed by atoms with Gasteiger partial charge in [-0.1, -0.05) is 36.1 Å². The van der Waals surface area contributed by atoms with Crippen molar-refractivity contribution in [1.29, 1.82) is 0 Å². The van der Waals surface area contributed by atoms with Crippen LogP contribution in [-0.4, -0.2) is 16.5 Å². The number of alkyl halides is 1. The van der Waals surface area contributed by atoms with Gasteiger partial charge in [-0.15, -0.1) is 0 Å². The Hall–Kier alpha value is -0.0600. The molecule has 0 spiro atoms. The molecule has 2 nitrogen and oxygen atoms in total. The summed E-state index contributed by atoms with van der Waals surface area (Å²) in [5.74, 6) is -0.302. The van der Waals surface area contributed by atoms with E-state index in [1.807, 2.05) is 6.92 Å². The number of hydrogen-bond acceptors (Lipinski definition) is 2. The fourth-order valence-corrected chi connectivity index (χ4v) is 0.494. The number of halogens is 1. The molecule has 0 saturated heterocycles. The molecule has 0 aliphatic rings.